The van der Waals surface area contributed by atoms with Gasteiger partial charge in [0.2, 0.25) is 0 Å². The largest absolute Gasteiger partial charge is 0.367 e. The Hall–Kier alpha value is -1.44. The number of nitriles is 1. The van der Waals surface area contributed by atoms with E-state index in [0.717, 1.165) is 25.1 Å². The van der Waals surface area contributed by atoms with E-state index in [1.54, 1.807) is 6.07 Å². The monoisotopic (exact) mass is 229 g/mol. The molecule has 0 bridgehead atoms. The Morgan fingerprint density at radius 2 is 2.41 bits per heavy atom. The predicted octanol–water partition coefficient (Wildman–Crippen LogP) is 1.84. The maximum absolute atomic E-state index is 8.89. The molecule has 1 saturated heterocycles. The topological polar surface area (TPSA) is 57.9 Å². The van der Waals surface area contributed by atoms with E-state index in [-0.39, 0.29) is 18.2 Å². The van der Waals surface area contributed by atoms with Crippen molar-refractivity contribution in [3.05, 3.63) is 29.1 Å². The van der Waals surface area contributed by atoms with Crippen molar-refractivity contribution in [1.29, 1.82) is 5.26 Å². The fourth-order valence-electron chi connectivity index (χ4n) is 2.78. The molecule has 1 fully saturated rings. The van der Waals surface area contributed by atoms with Gasteiger partial charge in [0.25, 0.3) is 0 Å². The summed E-state index contributed by atoms with van der Waals surface area (Å²) in [7, 11) is 0. The zero-order valence-electron chi connectivity index (χ0n) is 9.81. The molecule has 2 aliphatic heterocycles. The van der Waals surface area contributed by atoms with Crippen LogP contribution in [0.3, 0.4) is 0 Å². The van der Waals surface area contributed by atoms with E-state index >= 15 is 0 Å². The first-order chi connectivity index (χ1) is 8.29. The lowest BCUT2D eigenvalue weighted by Crippen LogP contribution is -2.43. The van der Waals surface area contributed by atoms with Gasteiger partial charge in [-0.1, -0.05) is 6.07 Å². The maximum atomic E-state index is 8.89. The zero-order chi connectivity index (χ0) is 11.8. The number of nitrogens with zero attached hydrogens (tertiary/aromatic N) is 2. The van der Waals surface area contributed by atoms with E-state index in [1.165, 1.54) is 5.56 Å². The maximum Gasteiger partial charge on any atom is 0.140 e. The van der Waals surface area contributed by atoms with E-state index in [2.05, 4.69) is 16.4 Å². The van der Waals surface area contributed by atoms with Crippen LogP contribution in [0.15, 0.2) is 12.1 Å². The van der Waals surface area contributed by atoms with E-state index in [0.29, 0.717) is 5.69 Å². The van der Waals surface area contributed by atoms with Crippen molar-refractivity contribution in [2.75, 3.05) is 6.54 Å². The van der Waals surface area contributed by atoms with Crippen molar-refractivity contribution in [2.24, 2.45) is 0 Å². The summed E-state index contributed by atoms with van der Waals surface area (Å²) in [5, 5.41) is 12.4. The van der Waals surface area contributed by atoms with Crippen molar-refractivity contribution in [1.82, 2.24) is 10.3 Å². The SMILES string of the molecule is C[C@H]1O[C@H]2CCCN[C@H]2c2ccc(C#N)nc21. The Bertz CT molecular complexity index is 480. The third-order valence-corrected chi connectivity index (χ3v) is 3.57. The van der Waals surface area contributed by atoms with Crippen LogP contribution in [-0.2, 0) is 4.74 Å². The Kier molecular flexibility index (Phi) is 2.58. The quantitative estimate of drug-likeness (QED) is 0.737. The summed E-state index contributed by atoms with van der Waals surface area (Å²) >= 11 is 0. The second-order valence-corrected chi connectivity index (χ2v) is 4.67. The molecule has 0 saturated carbocycles. The number of ether oxygens (including phenoxy) is 1. The number of aromatic nitrogens is 1. The summed E-state index contributed by atoms with van der Waals surface area (Å²) in [6, 6.07) is 6.15. The van der Waals surface area contributed by atoms with Gasteiger partial charge in [-0.2, -0.15) is 5.26 Å². The summed E-state index contributed by atoms with van der Waals surface area (Å²) < 4.78 is 5.98. The highest BCUT2D eigenvalue weighted by Crippen LogP contribution is 2.38. The van der Waals surface area contributed by atoms with Crippen LogP contribution in [0, 0.1) is 11.3 Å². The molecule has 0 spiro atoms. The van der Waals surface area contributed by atoms with Crippen LogP contribution in [0.2, 0.25) is 0 Å². The fraction of sp³-hybridized carbons (Fsp3) is 0.538. The average molecular weight is 229 g/mol. The number of fused-ring (bicyclic) bond motifs is 3. The smallest absolute Gasteiger partial charge is 0.140 e. The van der Waals surface area contributed by atoms with Gasteiger partial charge in [0, 0.05) is 0 Å². The Morgan fingerprint density at radius 1 is 1.53 bits per heavy atom. The van der Waals surface area contributed by atoms with Crippen molar-refractivity contribution in [3.8, 4) is 6.07 Å². The summed E-state index contributed by atoms with van der Waals surface area (Å²) in [5.74, 6) is 0. The number of hydrogen-bond acceptors (Lipinski definition) is 4. The van der Waals surface area contributed by atoms with Gasteiger partial charge in [0.05, 0.1) is 23.9 Å². The van der Waals surface area contributed by atoms with Gasteiger partial charge in [0.1, 0.15) is 11.8 Å². The standard InChI is InChI=1S/C13H15N3O/c1-8-12-10(5-4-9(7-14)16-12)13-11(17-8)3-2-6-15-13/h4-5,8,11,13,15H,2-3,6H2,1H3/t8-,11+,13+/m1/s1. The summed E-state index contributed by atoms with van der Waals surface area (Å²) in [4.78, 5) is 4.38. The van der Waals surface area contributed by atoms with Gasteiger partial charge < -0.3 is 10.1 Å². The molecule has 1 aromatic rings. The lowest BCUT2D eigenvalue weighted by Gasteiger charge is -2.40. The molecule has 3 rings (SSSR count). The van der Waals surface area contributed by atoms with Crippen molar-refractivity contribution < 1.29 is 4.74 Å². The highest BCUT2D eigenvalue weighted by Gasteiger charge is 2.36. The van der Waals surface area contributed by atoms with Gasteiger partial charge in [-0.3, -0.25) is 0 Å². The molecule has 0 unspecified atom stereocenters. The Balaban J connectivity index is 2.05. The number of pyridine rings is 1. The van der Waals surface area contributed by atoms with Gasteiger partial charge in [-0.25, -0.2) is 4.98 Å². The van der Waals surface area contributed by atoms with Crippen molar-refractivity contribution in [2.45, 2.75) is 38.0 Å². The lowest BCUT2D eigenvalue weighted by atomic mass is 9.89. The van der Waals surface area contributed by atoms with Crippen LogP contribution in [-0.4, -0.2) is 17.6 Å². The predicted molar refractivity (Wildman–Crippen MR) is 62.2 cm³/mol. The fourth-order valence-corrected chi connectivity index (χ4v) is 2.78. The van der Waals surface area contributed by atoms with Crippen molar-refractivity contribution in [3.63, 3.8) is 0 Å². The van der Waals surface area contributed by atoms with Crippen LogP contribution >= 0.6 is 0 Å². The highest BCUT2D eigenvalue weighted by atomic mass is 16.5. The average Bonchev–Trinajstić information content (AvgIpc) is 2.38. The van der Waals surface area contributed by atoms with Crippen LogP contribution in [0.1, 0.15) is 48.9 Å². The molecule has 3 heterocycles. The molecular weight excluding hydrogens is 214 g/mol. The molecule has 0 aliphatic carbocycles. The molecule has 17 heavy (non-hydrogen) atoms. The van der Waals surface area contributed by atoms with Crippen LogP contribution in [0.25, 0.3) is 0 Å². The van der Waals surface area contributed by atoms with Crippen LogP contribution in [0.5, 0.6) is 0 Å². The molecular formula is C13H15N3O. The summed E-state index contributed by atoms with van der Waals surface area (Å²) in [6.45, 7) is 3.04. The molecule has 88 valence electrons. The van der Waals surface area contributed by atoms with Crippen LogP contribution < -0.4 is 5.32 Å². The molecule has 1 aromatic heterocycles. The van der Waals surface area contributed by atoms with E-state index in [4.69, 9.17) is 10.00 Å². The highest BCUT2D eigenvalue weighted by molar-refractivity contribution is 5.34. The molecule has 4 nitrogen and oxygen atoms in total. The van der Waals surface area contributed by atoms with Gasteiger partial charge in [0.15, 0.2) is 0 Å². The third-order valence-electron chi connectivity index (χ3n) is 3.57. The van der Waals surface area contributed by atoms with Gasteiger partial charge in [-0.05, 0) is 37.9 Å². The van der Waals surface area contributed by atoms with Gasteiger partial charge >= 0.3 is 0 Å². The first-order valence-corrected chi connectivity index (χ1v) is 6.09. The zero-order valence-corrected chi connectivity index (χ0v) is 9.81. The second-order valence-electron chi connectivity index (χ2n) is 4.67. The molecule has 0 aromatic carbocycles. The number of hydrogen-bond donors (Lipinski definition) is 1. The first-order valence-electron chi connectivity index (χ1n) is 6.09. The van der Waals surface area contributed by atoms with Crippen molar-refractivity contribution >= 4 is 0 Å². The molecule has 4 heteroatoms. The third kappa shape index (κ3) is 1.72. The number of nitrogens with one attached hydrogen (secondary N) is 1. The minimum atomic E-state index is -0.0144. The minimum Gasteiger partial charge on any atom is -0.367 e. The normalized spacial score (nSPS) is 31.2. The van der Waals surface area contributed by atoms with E-state index in [9.17, 15) is 0 Å². The van der Waals surface area contributed by atoms with Crippen LogP contribution in [0.4, 0.5) is 0 Å². The van der Waals surface area contributed by atoms with E-state index < -0.39 is 0 Å². The van der Waals surface area contributed by atoms with E-state index in [1.807, 2.05) is 13.0 Å². The Morgan fingerprint density at radius 3 is 3.24 bits per heavy atom. The first kappa shape index (κ1) is 10.7. The molecule has 2 aliphatic rings. The molecule has 3 atom stereocenters. The molecule has 0 amide bonds. The molecule has 0 radical (unpaired) electrons. The minimum absolute atomic E-state index is 0.0144. The van der Waals surface area contributed by atoms with Gasteiger partial charge in [-0.15, -0.1) is 0 Å². The number of piperidine rings is 1. The lowest BCUT2D eigenvalue weighted by molar-refractivity contribution is -0.0559. The second kappa shape index (κ2) is 4.10. The molecule has 1 N–H and O–H groups in total. The number of rotatable bonds is 0. The summed E-state index contributed by atoms with van der Waals surface area (Å²) in [6.07, 6.45) is 2.49. The Labute approximate surface area is 101 Å². The summed E-state index contributed by atoms with van der Waals surface area (Å²) in [5.41, 5.74) is 2.58.